The quantitative estimate of drug-likeness (QED) is 0.870. The number of benzene rings is 1. The Balaban J connectivity index is 1.89. The van der Waals surface area contributed by atoms with Gasteiger partial charge in [0.2, 0.25) is 0 Å². The van der Waals surface area contributed by atoms with Crippen molar-refractivity contribution >= 4 is 32.6 Å². The number of nitrogens with two attached hydrogens (primary N) is 1. The maximum absolute atomic E-state index is 12.5. The van der Waals surface area contributed by atoms with E-state index in [0.717, 1.165) is 35.3 Å². The van der Waals surface area contributed by atoms with Crippen LogP contribution in [-0.2, 0) is 0 Å². The van der Waals surface area contributed by atoms with Gasteiger partial charge in [-0.25, -0.2) is 4.98 Å². The minimum absolute atomic E-state index is 0.111. The van der Waals surface area contributed by atoms with E-state index >= 15 is 0 Å². The van der Waals surface area contributed by atoms with Crippen molar-refractivity contribution in [2.24, 2.45) is 5.41 Å². The molecule has 0 radical (unpaired) electrons. The number of likely N-dealkylation sites (tertiary alicyclic amines) is 1. The molecule has 1 fully saturated rings. The first-order chi connectivity index (χ1) is 8.94. The summed E-state index contributed by atoms with van der Waals surface area (Å²) in [6, 6.07) is 5.61. The molecule has 0 spiro atoms. The minimum atomic E-state index is 0.111. The van der Waals surface area contributed by atoms with E-state index in [1.165, 1.54) is 11.3 Å². The van der Waals surface area contributed by atoms with Crippen LogP contribution in [0.5, 0.6) is 0 Å². The number of fused-ring (bicyclic) bond motifs is 1. The Bertz CT molecular complexity index is 647. The van der Waals surface area contributed by atoms with Crippen molar-refractivity contribution in [2.45, 2.75) is 20.3 Å². The zero-order valence-corrected chi connectivity index (χ0v) is 12.0. The Morgan fingerprint density at radius 3 is 2.95 bits per heavy atom. The molecule has 4 nitrogen and oxygen atoms in total. The summed E-state index contributed by atoms with van der Waals surface area (Å²) >= 11 is 1.42. The molecule has 100 valence electrons. The maximum Gasteiger partial charge on any atom is 0.253 e. The number of nitrogens with zero attached hydrogens (tertiary/aromatic N) is 2. The maximum atomic E-state index is 12.5. The summed E-state index contributed by atoms with van der Waals surface area (Å²) in [6.45, 7) is 6.07. The lowest BCUT2D eigenvalue weighted by Gasteiger charge is -2.19. The van der Waals surface area contributed by atoms with E-state index in [2.05, 4.69) is 18.8 Å². The molecule has 0 unspecified atom stereocenters. The van der Waals surface area contributed by atoms with Gasteiger partial charge in [-0.2, -0.15) is 0 Å². The number of anilines is 1. The lowest BCUT2D eigenvalue weighted by molar-refractivity contribution is 0.0778. The van der Waals surface area contributed by atoms with Crippen molar-refractivity contribution < 1.29 is 4.79 Å². The third-order valence-corrected chi connectivity index (χ3v) is 4.46. The summed E-state index contributed by atoms with van der Waals surface area (Å²) in [7, 11) is 0. The molecule has 2 N–H and O–H groups in total. The van der Waals surface area contributed by atoms with Gasteiger partial charge in [0, 0.05) is 18.7 Å². The highest BCUT2D eigenvalue weighted by Gasteiger charge is 2.32. The summed E-state index contributed by atoms with van der Waals surface area (Å²) < 4.78 is 0.974. The molecule has 0 atom stereocenters. The average Bonchev–Trinajstić information content (AvgIpc) is 2.88. The van der Waals surface area contributed by atoms with E-state index in [4.69, 9.17) is 5.73 Å². The molecule has 0 aliphatic carbocycles. The Morgan fingerprint density at radius 2 is 2.26 bits per heavy atom. The molecule has 1 aliphatic rings. The monoisotopic (exact) mass is 275 g/mol. The molecule has 1 aromatic carbocycles. The Kier molecular flexibility index (Phi) is 2.74. The van der Waals surface area contributed by atoms with Crippen LogP contribution in [0, 0.1) is 5.41 Å². The van der Waals surface area contributed by atoms with Crippen LogP contribution in [0.25, 0.3) is 10.2 Å². The molecule has 5 heteroatoms. The summed E-state index contributed by atoms with van der Waals surface area (Å²) in [4.78, 5) is 18.6. The van der Waals surface area contributed by atoms with Crippen molar-refractivity contribution in [1.29, 1.82) is 0 Å². The lowest BCUT2D eigenvalue weighted by Crippen LogP contribution is -2.30. The molecule has 1 saturated heterocycles. The topological polar surface area (TPSA) is 59.2 Å². The predicted molar refractivity (Wildman–Crippen MR) is 78.3 cm³/mol. The highest BCUT2D eigenvalue weighted by molar-refractivity contribution is 7.22. The summed E-state index contributed by atoms with van der Waals surface area (Å²) in [5.74, 6) is 0.111. The second kappa shape index (κ2) is 4.20. The fourth-order valence-electron chi connectivity index (χ4n) is 2.54. The molecule has 2 heterocycles. The fraction of sp³-hybridized carbons (Fsp3) is 0.429. The van der Waals surface area contributed by atoms with Crippen LogP contribution in [0.2, 0.25) is 0 Å². The van der Waals surface area contributed by atoms with Crippen LogP contribution in [0.3, 0.4) is 0 Å². The summed E-state index contributed by atoms with van der Waals surface area (Å²) in [5.41, 5.74) is 7.51. The number of carbonyl (C=O) groups is 1. The third-order valence-electron chi connectivity index (χ3n) is 3.62. The van der Waals surface area contributed by atoms with Crippen LogP contribution in [0.1, 0.15) is 30.6 Å². The Morgan fingerprint density at radius 1 is 1.47 bits per heavy atom. The number of hydrogen-bond acceptors (Lipinski definition) is 4. The Hall–Kier alpha value is -1.62. The first-order valence-electron chi connectivity index (χ1n) is 6.40. The number of hydrogen-bond donors (Lipinski definition) is 1. The molecular formula is C14H17N3OS. The number of carbonyl (C=O) groups excluding carboxylic acids is 1. The van der Waals surface area contributed by atoms with Gasteiger partial charge >= 0.3 is 0 Å². The van der Waals surface area contributed by atoms with Crippen LogP contribution < -0.4 is 5.73 Å². The zero-order valence-electron chi connectivity index (χ0n) is 11.1. The molecule has 2 aromatic rings. The van der Waals surface area contributed by atoms with Crippen LogP contribution in [-0.4, -0.2) is 28.9 Å². The first kappa shape index (κ1) is 12.4. The van der Waals surface area contributed by atoms with Gasteiger partial charge in [0.15, 0.2) is 5.13 Å². The van der Waals surface area contributed by atoms with Crippen molar-refractivity contribution in [1.82, 2.24) is 9.88 Å². The molecule has 1 aromatic heterocycles. The minimum Gasteiger partial charge on any atom is -0.375 e. The van der Waals surface area contributed by atoms with E-state index in [1.54, 1.807) is 0 Å². The van der Waals surface area contributed by atoms with Crippen LogP contribution in [0.4, 0.5) is 5.13 Å². The van der Waals surface area contributed by atoms with Gasteiger partial charge in [0.05, 0.1) is 10.2 Å². The highest BCUT2D eigenvalue weighted by Crippen LogP contribution is 2.31. The van der Waals surface area contributed by atoms with Gasteiger partial charge in [-0.15, -0.1) is 0 Å². The van der Waals surface area contributed by atoms with E-state index in [1.807, 2.05) is 23.1 Å². The number of nitrogen functional groups attached to an aromatic ring is 1. The number of amides is 1. The van der Waals surface area contributed by atoms with Crippen molar-refractivity contribution in [3.05, 3.63) is 23.8 Å². The lowest BCUT2D eigenvalue weighted by atomic mass is 9.93. The third kappa shape index (κ3) is 2.30. The highest BCUT2D eigenvalue weighted by atomic mass is 32.1. The molecule has 1 amide bonds. The fourth-order valence-corrected chi connectivity index (χ4v) is 3.32. The molecule has 19 heavy (non-hydrogen) atoms. The smallest absolute Gasteiger partial charge is 0.253 e. The summed E-state index contributed by atoms with van der Waals surface area (Å²) in [5, 5.41) is 0.543. The first-order valence-corrected chi connectivity index (χ1v) is 7.22. The van der Waals surface area contributed by atoms with Crippen molar-refractivity contribution in [3.8, 4) is 0 Å². The normalized spacial score (nSPS) is 18.1. The SMILES string of the molecule is CC1(C)CCN(C(=O)c2ccc3nc(N)sc3c2)C1. The van der Waals surface area contributed by atoms with Crippen LogP contribution >= 0.6 is 11.3 Å². The van der Waals surface area contributed by atoms with E-state index in [0.29, 0.717) is 5.13 Å². The summed E-state index contributed by atoms with van der Waals surface area (Å²) in [6.07, 6.45) is 1.06. The van der Waals surface area contributed by atoms with Gasteiger partial charge in [0.1, 0.15) is 0 Å². The second-order valence-corrected chi connectivity index (χ2v) is 6.94. The largest absolute Gasteiger partial charge is 0.375 e. The van der Waals surface area contributed by atoms with E-state index < -0.39 is 0 Å². The number of thiazole rings is 1. The van der Waals surface area contributed by atoms with Gasteiger partial charge in [-0.05, 0) is 30.0 Å². The van der Waals surface area contributed by atoms with Gasteiger partial charge in [-0.1, -0.05) is 25.2 Å². The van der Waals surface area contributed by atoms with E-state index in [9.17, 15) is 4.79 Å². The molecule has 3 rings (SSSR count). The van der Waals surface area contributed by atoms with Gasteiger partial charge < -0.3 is 10.6 Å². The number of rotatable bonds is 1. The molecule has 1 aliphatic heterocycles. The Labute approximate surface area is 116 Å². The standard InChI is InChI=1S/C14H17N3OS/c1-14(2)5-6-17(8-14)12(18)9-3-4-10-11(7-9)19-13(15)16-10/h3-4,7H,5-6,8H2,1-2H3,(H2,15,16). The van der Waals surface area contributed by atoms with Crippen molar-refractivity contribution in [3.63, 3.8) is 0 Å². The molecule has 0 saturated carbocycles. The predicted octanol–water partition coefficient (Wildman–Crippen LogP) is 2.75. The second-order valence-electron chi connectivity index (χ2n) is 5.88. The van der Waals surface area contributed by atoms with Gasteiger partial charge in [-0.3, -0.25) is 4.79 Å². The van der Waals surface area contributed by atoms with E-state index in [-0.39, 0.29) is 11.3 Å². The average molecular weight is 275 g/mol. The molecule has 0 bridgehead atoms. The zero-order chi connectivity index (χ0) is 13.6. The van der Waals surface area contributed by atoms with Crippen molar-refractivity contribution in [2.75, 3.05) is 18.8 Å². The van der Waals surface area contributed by atoms with Gasteiger partial charge in [0.25, 0.3) is 5.91 Å². The molecular weight excluding hydrogens is 258 g/mol. The van der Waals surface area contributed by atoms with Crippen LogP contribution in [0.15, 0.2) is 18.2 Å². The number of aromatic nitrogens is 1.